The molecule has 4 fully saturated rings. The summed E-state index contributed by atoms with van der Waals surface area (Å²) in [6.45, 7) is 3.50. The summed E-state index contributed by atoms with van der Waals surface area (Å²) in [7, 11) is -3.36. The summed E-state index contributed by atoms with van der Waals surface area (Å²) < 4.78 is 34.0. The lowest BCUT2D eigenvalue weighted by atomic mass is 9.92. The molecule has 10 heteroatoms. The van der Waals surface area contributed by atoms with Crippen molar-refractivity contribution in [3.63, 3.8) is 0 Å². The molecule has 1 aliphatic carbocycles. The normalized spacial score (nSPS) is 29.8. The molecule has 4 aliphatic rings. The molecule has 0 spiro atoms. The Balaban J connectivity index is 1.43. The number of nitrogens with zero attached hydrogens (tertiary/aromatic N) is 3. The average Bonchev–Trinajstić information content (AvgIpc) is 3.51. The van der Waals surface area contributed by atoms with Crippen molar-refractivity contribution in [1.29, 1.82) is 0 Å². The van der Waals surface area contributed by atoms with Gasteiger partial charge in [-0.05, 0) is 56.5 Å². The summed E-state index contributed by atoms with van der Waals surface area (Å²) in [5.41, 5.74) is 0.804. The molecule has 3 atom stereocenters. The summed E-state index contributed by atoms with van der Waals surface area (Å²) in [6, 6.07) is 4.71. The van der Waals surface area contributed by atoms with Crippen LogP contribution >= 0.6 is 23.2 Å². The number of halogens is 2. The molecule has 7 nitrogen and oxygen atoms in total. The van der Waals surface area contributed by atoms with Crippen LogP contribution in [0.4, 0.5) is 0 Å². The van der Waals surface area contributed by atoms with Crippen LogP contribution in [0.1, 0.15) is 31.2 Å². The summed E-state index contributed by atoms with van der Waals surface area (Å²) in [5.74, 6) is -0.00652. The van der Waals surface area contributed by atoms with Gasteiger partial charge in [0.05, 0.1) is 53.1 Å². The van der Waals surface area contributed by atoms with Gasteiger partial charge in [0.15, 0.2) is 0 Å². The van der Waals surface area contributed by atoms with Crippen LogP contribution in [-0.2, 0) is 26.0 Å². The predicted molar refractivity (Wildman–Crippen MR) is 124 cm³/mol. The van der Waals surface area contributed by atoms with Crippen molar-refractivity contribution in [2.24, 2.45) is 0 Å². The number of hydrogen-bond acceptors (Lipinski definition) is 5. The molecular weight excluding hydrogens is 473 g/mol. The zero-order chi connectivity index (χ0) is 22.5. The maximum Gasteiger partial charge on any atom is 0.227 e. The van der Waals surface area contributed by atoms with E-state index in [4.69, 9.17) is 27.9 Å². The zero-order valence-electron chi connectivity index (χ0n) is 18.0. The Hall–Kier alpha value is -0.900. The fourth-order valence-electron chi connectivity index (χ4n) is 5.44. The third kappa shape index (κ3) is 4.30. The van der Waals surface area contributed by atoms with E-state index < -0.39 is 10.0 Å². The van der Waals surface area contributed by atoms with E-state index in [-0.39, 0.29) is 35.7 Å². The first-order chi connectivity index (χ1) is 15.4. The van der Waals surface area contributed by atoms with E-state index in [0.29, 0.717) is 36.3 Å². The standard InChI is InChI=1S/C22H29Cl2N3O4S/c23-17-6-3-15(11-18(17)24)12-21(28)26-9-10-27(32(29,30)16-4-5-16)20-14-31-13-19(22(20)26)25-7-1-2-8-25/h3,6,11,16,19-20,22H,1-2,4-5,7-10,12-14H2/t19?,20-,22-/m1/s1. The molecule has 1 saturated carbocycles. The fourth-order valence-corrected chi connectivity index (χ4v) is 7.77. The first kappa shape index (κ1) is 22.9. The van der Waals surface area contributed by atoms with Gasteiger partial charge in [-0.1, -0.05) is 29.3 Å². The lowest BCUT2D eigenvalue weighted by molar-refractivity contribution is -0.147. The van der Waals surface area contributed by atoms with Crippen LogP contribution in [0.5, 0.6) is 0 Å². The Morgan fingerprint density at radius 1 is 1.00 bits per heavy atom. The number of likely N-dealkylation sites (tertiary alicyclic amines) is 1. The van der Waals surface area contributed by atoms with Gasteiger partial charge in [-0.15, -0.1) is 0 Å². The molecule has 32 heavy (non-hydrogen) atoms. The molecule has 3 saturated heterocycles. The van der Waals surface area contributed by atoms with Gasteiger partial charge in [0.2, 0.25) is 15.9 Å². The Kier molecular flexibility index (Phi) is 6.46. The van der Waals surface area contributed by atoms with Crippen LogP contribution in [-0.4, -0.2) is 91.2 Å². The van der Waals surface area contributed by atoms with E-state index in [2.05, 4.69) is 4.90 Å². The molecule has 1 aromatic carbocycles. The van der Waals surface area contributed by atoms with Crippen LogP contribution < -0.4 is 0 Å². The van der Waals surface area contributed by atoms with E-state index in [1.54, 1.807) is 16.4 Å². The molecule has 0 radical (unpaired) electrons. The molecule has 1 aromatic rings. The second-order valence-corrected chi connectivity index (χ2v) is 12.3. The molecule has 0 N–H and O–H groups in total. The van der Waals surface area contributed by atoms with Gasteiger partial charge in [-0.2, -0.15) is 4.31 Å². The van der Waals surface area contributed by atoms with Crippen molar-refractivity contribution in [3.05, 3.63) is 33.8 Å². The molecule has 3 heterocycles. The number of benzene rings is 1. The number of sulfonamides is 1. The Labute approximate surface area is 199 Å². The summed E-state index contributed by atoms with van der Waals surface area (Å²) >= 11 is 12.2. The van der Waals surface area contributed by atoms with E-state index in [9.17, 15) is 13.2 Å². The molecule has 3 aliphatic heterocycles. The monoisotopic (exact) mass is 501 g/mol. The maximum absolute atomic E-state index is 13.5. The number of carbonyl (C=O) groups is 1. The van der Waals surface area contributed by atoms with E-state index in [1.807, 2.05) is 11.0 Å². The number of hydrogen-bond donors (Lipinski definition) is 0. The highest BCUT2D eigenvalue weighted by atomic mass is 35.5. The number of rotatable bonds is 5. The number of carbonyl (C=O) groups excluding carboxylic acids is 1. The molecule has 176 valence electrons. The van der Waals surface area contributed by atoms with Crippen LogP contribution in [0, 0.1) is 0 Å². The summed E-state index contributed by atoms with van der Waals surface area (Å²) in [6.07, 6.45) is 3.91. The van der Waals surface area contributed by atoms with Gasteiger partial charge in [-0.3, -0.25) is 9.69 Å². The second-order valence-electron chi connectivity index (χ2n) is 9.27. The van der Waals surface area contributed by atoms with Crippen LogP contribution in [0.25, 0.3) is 0 Å². The lowest BCUT2D eigenvalue weighted by Gasteiger charge is -2.53. The Morgan fingerprint density at radius 2 is 1.72 bits per heavy atom. The highest BCUT2D eigenvalue weighted by Crippen LogP contribution is 2.37. The first-order valence-electron chi connectivity index (χ1n) is 11.4. The Morgan fingerprint density at radius 3 is 2.41 bits per heavy atom. The fraction of sp³-hybridized carbons (Fsp3) is 0.682. The van der Waals surface area contributed by atoms with E-state index in [1.165, 1.54) is 0 Å². The number of fused-ring (bicyclic) bond motifs is 1. The number of ether oxygens (including phenoxy) is 1. The number of amides is 1. The highest BCUT2D eigenvalue weighted by molar-refractivity contribution is 7.90. The van der Waals surface area contributed by atoms with Gasteiger partial charge < -0.3 is 9.64 Å². The minimum Gasteiger partial charge on any atom is -0.378 e. The lowest BCUT2D eigenvalue weighted by Crippen LogP contribution is -2.72. The quantitative estimate of drug-likeness (QED) is 0.619. The predicted octanol–water partition coefficient (Wildman–Crippen LogP) is 2.40. The van der Waals surface area contributed by atoms with Crippen molar-refractivity contribution in [1.82, 2.24) is 14.1 Å². The third-order valence-electron chi connectivity index (χ3n) is 7.20. The molecule has 0 aromatic heterocycles. The minimum absolute atomic E-state index is 0.00575. The Bertz CT molecular complexity index is 981. The molecule has 0 bridgehead atoms. The zero-order valence-corrected chi connectivity index (χ0v) is 20.3. The van der Waals surface area contributed by atoms with Gasteiger partial charge in [-0.25, -0.2) is 8.42 Å². The molecular formula is C22H29Cl2N3O4S. The minimum atomic E-state index is -3.36. The highest BCUT2D eigenvalue weighted by Gasteiger charge is 2.53. The number of piperazine rings is 1. The average molecular weight is 502 g/mol. The van der Waals surface area contributed by atoms with Gasteiger partial charge >= 0.3 is 0 Å². The van der Waals surface area contributed by atoms with Crippen LogP contribution in [0.15, 0.2) is 18.2 Å². The van der Waals surface area contributed by atoms with Gasteiger partial charge in [0.25, 0.3) is 0 Å². The summed E-state index contributed by atoms with van der Waals surface area (Å²) in [5, 5.41) is 0.616. The van der Waals surface area contributed by atoms with E-state index >= 15 is 0 Å². The second kappa shape index (κ2) is 9.04. The largest absolute Gasteiger partial charge is 0.378 e. The summed E-state index contributed by atoms with van der Waals surface area (Å²) in [4.78, 5) is 17.8. The smallest absolute Gasteiger partial charge is 0.227 e. The van der Waals surface area contributed by atoms with Crippen LogP contribution in [0.2, 0.25) is 10.0 Å². The SMILES string of the molecule is O=C(Cc1ccc(Cl)c(Cl)c1)N1CCN(S(=O)(=O)C2CC2)[C@@H]2COCC(N3CCCC3)[C@H]21. The van der Waals surface area contributed by atoms with Crippen LogP contribution in [0.3, 0.4) is 0 Å². The molecule has 1 unspecified atom stereocenters. The van der Waals surface area contributed by atoms with Crippen molar-refractivity contribution in [3.8, 4) is 0 Å². The van der Waals surface area contributed by atoms with Crippen molar-refractivity contribution < 1.29 is 17.9 Å². The third-order valence-corrected chi connectivity index (χ3v) is 10.4. The maximum atomic E-state index is 13.5. The first-order valence-corrected chi connectivity index (χ1v) is 13.7. The van der Waals surface area contributed by atoms with Gasteiger partial charge in [0.1, 0.15) is 0 Å². The molecule has 5 rings (SSSR count). The van der Waals surface area contributed by atoms with Crippen molar-refractivity contribution in [2.45, 2.75) is 55.5 Å². The van der Waals surface area contributed by atoms with Crippen molar-refractivity contribution in [2.75, 3.05) is 39.4 Å². The molecule has 1 amide bonds. The topological polar surface area (TPSA) is 70.2 Å². The van der Waals surface area contributed by atoms with E-state index in [0.717, 1.165) is 44.3 Å². The van der Waals surface area contributed by atoms with Gasteiger partial charge in [0, 0.05) is 13.1 Å². The van der Waals surface area contributed by atoms with Crippen molar-refractivity contribution >= 4 is 39.1 Å².